The smallest absolute Gasteiger partial charge is 0.236 e. The Morgan fingerprint density at radius 3 is 2.67 bits per heavy atom. The lowest BCUT2D eigenvalue weighted by Gasteiger charge is -2.06. The minimum Gasteiger partial charge on any atom is -0.236 e. The lowest BCUT2D eigenvalue weighted by molar-refractivity contribution is -0.141. The maximum atomic E-state index is 12.3. The van der Waals surface area contributed by atoms with Crippen LogP contribution in [-0.4, -0.2) is 4.98 Å². The minimum absolute atomic E-state index is 0.150. The summed E-state index contributed by atoms with van der Waals surface area (Å²) in [6, 6.07) is 1.57. The normalized spacial score (nSPS) is 16.5. The molecule has 0 aliphatic carbocycles. The van der Waals surface area contributed by atoms with Gasteiger partial charge in [-0.15, -0.1) is 0 Å². The van der Waals surface area contributed by atoms with Gasteiger partial charge in [0.05, 0.1) is 0 Å². The molecule has 0 spiro atoms. The lowest BCUT2D eigenvalue weighted by Crippen LogP contribution is -2.08. The summed E-state index contributed by atoms with van der Waals surface area (Å²) in [6.45, 7) is -2.58. The molecule has 0 amide bonds. The number of hydrogen-bond donors (Lipinski definition) is 0. The number of pyridine rings is 1. The lowest BCUT2D eigenvalue weighted by atomic mass is 10.2. The van der Waals surface area contributed by atoms with Gasteiger partial charge in [-0.1, -0.05) is 0 Å². The highest BCUT2D eigenvalue weighted by molar-refractivity contribution is 9.10. The number of alkyl halides is 3. The van der Waals surface area contributed by atoms with Crippen LogP contribution >= 0.6 is 15.9 Å². The topological polar surface area (TPSA) is 12.9 Å². The largest absolute Gasteiger partial charge is 0.433 e. The number of aromatic nitrogens is 1. The van der Waals surface area contributed by atoms with Crippen molar-refractivity contribution in [3.05, 3.63) is 28.0 Å². The summed E-state index contributed by atoms with van der Waals surface area (Å²) >= 11 is 2.74. The fourth-order valence-electron chi connectivity index (χ4n) is 0.642. The zero-order chi connectivity index (χ0) is 11.9. The molecule has 66 valence electrons. The van der Waals surface area contributed by atoms with E-state index in [2.05, 4.69) is 20.9 Å². The summed E-state index contributed by atoms with van der Waals surface area (Å²) in [6.07, 6.45) is -4.65. The van der Waals surface area contributed by atoms with Crippen LogP contribution in [0.15, 0.2) is 16.7 Å². The van der Waals surface area contributed by atoms with Crippen molar-refractivity contribution in [3.8, 4) is 0 Å². The molecule has 1 aromatic heterocycles. The molecule has 1 aromatic rings. The first kappa shape index (κ1) is 5.96. The van der Waals surface area contributed by atoms with Crippen LogP contribution in [0.5, 0.6) is 0 Å². The van der Waals surface area contributed by atoms with Gasteiger partial charge in [-0.05, 0) is 40.5 Å². The van der Waals surface area contributed by atoms with Gasteiger partial charge < -0.3 is 0 Å². The number of halogens is 4. The summed E-state index contributed by atoms with van der Waals surface area (Å²) < 4.78 is 57.6. The summed E-state index contributed by atoms with van der Waals surface area (Å²) in [5.41, 5.74) is -1.61. The highest BCUT2D eigenvalue weighted by Gasteiger charge is 2.32. The van der Waals surface area contributed by atoms with Gasteiger partial charge >= 0.3 is 6.18 Å². The number of nitrogens with zero attached hydrogens (tertiary/aromatic N) is 1. The highest BCUT2D eigenvalue weighted by Crippen LogP contribution is 2.29. The SMILES string of the molecule is [2H]C([2H])([2H])c1cc(Br)nc(C(F)(F)F)c1. The third-order valence-electron chi connectivity index (χ3n) is 1.08. The van der Waals surface area contributed by atoms with E-state index in [0.29, 0.717) is 6.07 Å². The van der Waals surface area contributed by atoms with Crippen molar-refractivity contribution in [3.63, 3.8) is 0 Å². The van der Waals surface area contributed by atoms with Crippen LogP contribution in [0.25, 0.3) is 0 Å². The van der Waals surface area contributed by atoms with E-state index in [1.54, 1.807) is 0 Å². The van der Waals surface area contributed by atoms with E-state index in [9.17, 15) is 13.2 Å². The van der Waals surface area contributed by atoms with Crippen LogP contribution in [0, 0.1) is 6.85 Å². The van der Waals surface area contributed by atoms with Crippen LogP contribution in [0.1, 0.15) is 15.4 Å². The fourth-order valence-corrected chi connectivity index (χ4v) is 1.08. The molecule has 1 heterocycles. The monoisotopic (exact) mass is 242 g/mol. The number of rotatable bonds is 0. The van der Waals surface area contributed by atoms with Gasteiger partial charge in [-0.2, -0.15) is 13.2 Å². The molecule has 0 saturated heterocycles. The molecule has 0 saturated carbocycles. The molecule has 1 rings (SSSR count). The van der Waals surface area contributed by atoms with Crippen LogP contribution in [0.2, 0.25) is 0 Å². The molecule has 1 nitrogen and oxygen atoms in total. The van der Waals surface area contributed by atoms with Gasteiger partial charge in [-0.25, -0.2) is 4.98 Å². The van der Waals surface area contributed by atoms with Crippen molar-refractivity contribution < 1.29 is 17.3 Å². The van der Waals surface area contributed by atoms with Crippen molar-refractivity contribution in [1.29, 1.82) is 0 Å². The summed E-state index contributed by atoms with van der Waals surface area (Å²) in [5.74, 6) is 0. The zero-order valence-corrected chi connectivity index (χ0v) is 7.20. The first-order valence-corrected chi connectivity index (χ1v) is 3.65. The third-order valence-corrected chi connectivity index (χ3v) is 1.49. The summed E-state index contributed by atoms with van der Waals surface area (Å²) in [7, 11) is 0. The predicted octanol–water partition coefficient (Wildman–Crippen LogP) is 3.17. The molecule has 0 bridgehead atoms. The summed E-state index contributed by atoms with van der Waals surface area (Å²) in [5, 5.41) is 0. The Morgan fingerprint density at radius 1 is 1.50 bits per heavy atom. The van der Waals surface area contributed by atoms with Gasteiger partial charge in [0.1, 0.15) is 10.3 Å². The van der Waals surface area contributed by atoms with Gasteiger partial charge in [0, 0.05) is 4.11 Å². The van der Waals surface area contributed by atoms with E-state index in [1.165, 1.54) is 0 Å². The standard InChI is InChI=1S/C7H5BrF3N/c1-4-2-5(7(9,10)11)12-6(8)3-4/h2-3H,1H3/i1D3. The van der Waals surface area contributed by atoms with E-state index >= 15 is 0 Å². The highest BCUT2D eigenvalue weighted by atomic mass is 79.9. The molecule has 0 atom stereocenters. The molecule has 0 radical (unpaired) electrons. The Labute approximate surface area is 80.0 Å². The first-order valence-electron chi connectivity index (χ1n) is 4.36. The molecular weight excluding hydrogens is 235 g/mol. The third kappa shape index (κ3) is 2.20. The fraction of sp³-hybridized carbons (Fsp3) is 0.286. The summed E-state index contributed by atoms with van der Waals surface area (Å²) in [4.78, 5) is 3.16. The van der Waals surface area contributed by atoms with E-state index in [-0.39, 0.29) is 4.60 Å². The molecule has 0 aliphatic rings. The van der Waals surface area contributed by atoms with E-state index in [1.807, 2.05) is 0 Å². The van der Waals surface area contributed by atoms with E-state index < -0.39 is 24.3 Å². The van der Waals surface area contributed by atoms with Gasteiger partial charge in [0.2, 0.25) is 0 Å². The van der Waals surface area contributed by atoms with Crippen molar-refractivity contribution in [1.82, 2.24) is 4.98 Å². The average Bonchev–Trinajstić information content (AvgIpc) is 1.99. The molecule has 5 heteroatoms. The van der Waals surface area contributed by atoms with Crippen molar-refractivity contribution >= 4 is 15.9 Å². The van der Waals surface area contributed by atoms with Gasteiger partial charge in [0.25, 0.3) is 0 Å². The second-order valence-corrected chi connectivity index (χ2v) is 2.87. The van der Waals surface area contributed by atoms with Crippen molar-refractivity contribution in [2.45, 2.75) is 13.0 Å². The van der Waals surface area contributed by atoms with Gasteiger partial charge in [0.15, 0.2) is 0 Å². The van der Waals surface area contributed by atoms with Crippen LogP contribution in [0.4, 0.5) is 13.2 Å². The molecule has 0 aromatic carbocycles. The Morgan fingerprint density at radius 2 is 2.17 bits per heavy atom. The van der Waals surface area contributed by atoms with E-state index in [0.717, 1.165) is 6.07 Å². The van der Waals surface area contributed by atoms with Crippen molar-refractivity contribution in [2.75, 3.05) is 0 Å². The maximum Gasteiger partial charge on any atom is 0.433 e. The number of hydrogen-bond acceptors (Lipinski definition) is 1. The maximum absolute atomic E-state index is 12.3. The molecule has 12 heavy (non-hydrogen) atoms. The minimum atomic E-state index is -4.65. The van der Waals surface area contributed by atoms with Crippen LogP contribution in [0.3, 0.4) is 0 Å². The Balaban J connectivity index is 3.30. The average molecular weight is 243 g/mol. The molecule has 0 fully saturated rings. The second kappa shape index (κ2) is 3.05. The van der Waals surface area contributed by atoms with E-state index in [4.69, 9.17) is 4.11 Å². The van der Waals surface area contributed by atoms with Crippen LogP contribution < -0.4 is 0 Å². The van der Waals surface area contributed by atoms with Crippen molar-refractivity contribution in [2.24, 2.45) is 0 Å². The number of aryl methyl sites for hydroxylation is 1. The zero-order valence-electron chi connectivity index (χ0n) is 8.61. The molecular formula is C7H5BrF3N. The predicted molar refractivity (Wildman–Crippen MR) is 41.7 cm³/mol. The Bertz CT molecular complexity index is 342. The van der Waals surface area contributed by atoms with Crippen LogP contribution in [-0.2, 0) is 6.18 Å². The second-order valence-electron chi connectivity index (χ2n) is 2.06. The molecule has 0 aliphatic heterocycles. The molecule has 0 unspecified atom stereocenters. The quantitative estimate of drug-likeness (QED) is 0.637. The molecule has 0 N–H and O–H groups in total. The Hall–Kier alpha value is -0.580. The Kier molecular flexibility index (Phi) is 1.51. The van der Waals surface area contributed by atoms with Gasteiger partial charge in [-0.3, -0.25) is 0 Å². The first-order chi connectivity index (χ1) is 6.60.